The van der Waals surface area contributed by atoms with E-state index in [1.165, 1.54) is 11.8 Å². The number of carbonyl (C=O) groups is 1. The maximum Gasteiger partial charge on any atom is 0.251 e. The van der Waals surface area contributed by atoms with E-state index in [-0.39, 0.29) is 5.91 Å². The first-order chi connectivity index (χ1) is 16.2. The van der Waals surface area contributed by atoms with Crippen LogP contribution in [-0.4, -0.2) is 86.5 Å². The minimum absolute atomic E-state index is 0.0440. The van der Waals surface area contributed by atoms with Crippen molar-refractivity contribution < 1.29 is 14.3 Å². The van der Waals surface area contributed by atoms with E-state index in [0.29, 0.717) is 41.4 Å². The minimum Gasteiger partial charge on any atom is -0.379 e. The highest BCUT2D eigenvalue weighted by Crippen LogP contribution is 2.25. The summed E-state index contributed by atoms with van der Waals surface area (Å²) in [6.45, 7) is 8.14. The third-order valence-corrected chi connectivity index (χ3v) is 6.71. The van der Waals surface area contributed by atoms with E-state index in [9.17, 15) is 4.79 Å². The van der Waals surface area contributed by atoms with Crippen molar-refractivity contribution in [2.45, 2.75) is 17.3 Å². The van der Waals surface area contributed by atoms with Crippen molar-refractivity contribution in [3.05, 3.63) is 46.6 Å². The molecule has 2 saturated heterocycles. The molecule has 0 aliphatic carbocycles. The summed E-state index contributed by atoms with van der Waals surface area (Å²) in [6, 6.07) is 9.49. The highest BCUT2D eigenvalue weighted by molar-refractivity contribution is 7.98. The Morgan fingerprint density at radius 1 is 1.06 bits per heavy atom. The molecule has 2 aliphatic rings. The van der Waals surface area contributed by atoms with Crippen LogP contribution in [0.2, 0.25) is 5.15 Å². The largest absolute Gasteiger partial charge is 0.379 e. The van der Waals surface area contributed by atoms with Gasteiger partial charge in [-0.1, -0.05) is 35.5 Å². The summed E-state index contributed by atoms with van der Waals surface area (Å²) in [5, 5.41) is 4.09. The van der Waals surface area contributed by atoms with Crippen molar-refractivity contribution >= 4 is 35.1 Å². The molecule has 4 rings (SSSR count). The normalized spacial score (nSPS) is 17.2. The Balaban J connectivity index is 1.27. The summed E-state index contributed by atoms with van der Waals surface area (Å²) >= 11 is 7.75. The summed E-state index contributed by atoms with van der Waals surface area (Å²) < 4.78 is 10.8. The highest BCUT2D eigenvalue weighted by atomic mass is 35.5. The van der Waals surface area contributed by atoms with Crippen LogP contribution in [0.25, 0.3) is 0 Å². The zero-order valence-electron chi connectivity index (χ0n) is 18.7. The lowest BCUT2D eigenvalue weighted by Crippen LogP contribution is -2.38. The third kappa shape index (κ3) is 7.55. The molecule has 1 amide bonds. The number of nitrogens with one attached hydrogen (secondary N) is 1. The van der Waals surface area contributed by atoms with Crippen LogP contribution in [0, 0.1) is 0 Å². The van der Waals surface area contributed by atoms with E-state index >= 15 is 0 Å². The maximum absolute atomic E-state index is 12.6. The number of hydrogen-bond donors (Lipinski definition) is 1. The van der Waals surface area contributed by atoms with Crippen molar-refractivity contribution in [3.8, 4) is 0 Å². The van der Waals surface area contributed by atoms with Crippen molar-refractivity contribution in [2.75, 3.05) is 70.6 Å². The zero-order chi connectivity index (χ0) is 22.9. The van der Waals surface area contributed by atoms with Gasteiger partial charge in [0.2, 0.25) is 0 Å². The summed E-state index contributed by atoms with van der Waals surface area (Å²) in [7, 11) is 0. The number of rotatable bonds is 9. The SMILES string of the molecule is O=C(NCCCN1CCOCC1)c1cccc(CSc2nc(Cl)cc(N3CCOCC3)n2)c1. The number of nitrogens with zero attached hydrogens (tertiary/aromatic N) is 4. The lowest BCUT2D eigenvalue weighted by molar-refractivity contribution is 0.0374. The topological polar surface area (TPSA) is 79.8 Å². The molecule has 1 aromatic heterocycles. The number of benzene rings is 1. The first-order valence-corrected chi connectivity index (χ1v) is 12.7. The molecule has 1 aromatic carbocycles. The first kappa shape index (κ1) is 24.2. The smallest absolute Gasteiger partial charge is 0.251 e. The maximum atomic E-state index is 12.6. The van der Waals surface area contributed by atoms with Gasteiger partial charge in [-0.05, 0) is 30.7 Å². The molecule has 2 fully saturated rings. The Morgan fingerprint density at radius 3 is 2.61 bits per heavy atom. The van der Waals surface area contributed by atoms with Crippen molar-refractivity contribution in [1.82, 2.24) is 20.2 Å². The van der Waals surface area contributed by atoms with Gasteiger partial charge in [0.25, 0.3) is 5.91 Å². The van der Waals surface area contributed by atoms with Gasteiger partial charge in [0.05, 0.1) is 26.4 Å². The average molecular weight is 492 g/mol. The predicted octanol–water partition coefficient (Wildman–Crippen LogP) is 2.71. The van der Waals surface area contributed by atoms with Crippen LogP contribution in [0.1, 0.15) is 22.3 Å². The molecule has 0 spiro atoms. The molecule has 0 atom stereocenters. The van der Waals surface area contributed by atoms with Gasteiger partial charge in [-0.15, -0.1) is 0 Å². The van der Waals surface area contributed by atoms with Crippen LogP contribution in [0.5, 0.6) is 0 Å². The number of halogens is 1. The molecule has 0 radical (unpaired) electrons. The van der Waals surface area contributed by atoms with Gasteiger partial charge in [0.1, 0.15) is 11.0 Å². The second-order valence-electron chi connectivity index (χ2n) is 7.98. The summed E-state index contributed by atoms with van der Waals surface area (Å²) in [6.07, 6.45) is 0.929. The van der Waals surface area contributed by atoms with Crippen molar-refractivity contribution in [1.29, 1.82) is 0 Å². The first-order valence-electron chi connectivity index (χ1n) is 11.3. The van der Waals surface area contributed by atoms with Gasteiger partial charge < -0.3 is 19.7 Å². The Bertz CT molecular complexity index is 923. The van der Waals surface area contributed by atoms with Crippen LogP contribution >= 0.6 is 23.4 Å². The monoisotopic (exact) mass is 491 g/mol. The van der Waals surface area contributed by atoms with E-state index in [4.69, 9.17) is 21.1 Å². The molecule has 10 heteroatoms. The number of aromatic nitrogens is 2. The van der Waals surface area contributed by atoms with E-state index in [0.717, 1.165) is 63.7 Å². The average Bonchev–Trinajstić information content (AvgIpc) is 2.86. The van der Waals surface area contributed by atoms with Crippen LogP contribution in [0.4, 0.5) is 5.82 Å². The third-order valence-electron chi connectivity index (χ3n) is 5.59. The van der Waals surface area contributed by atoms with Crippen LogP contribution in [0.3, 0.4) is 0 Å². The van der Waals surface area contributed by atoms with Gasteiger partial charge in [-0.2, -0.15) is 0 Å². The Kier molecular flexibility index (Phi) is 9.19. The number of thioether (sulfide) groups is 1. The number of anilines is 1. The predicted molar refractivity (Wildman–Crippen MR) is 130 cm³/mol. The lowest BCUT2D eigenvalue weighted by atomic mass is 10.1. The lowest BCUT2D eigenvalue weighted by Gasteiger charge is -2.27. The number of ether oxygens (including phenoxy) is 2. The van der Waals surface area contributed by atoms with Gasteiger partial charge >= 0.3 is 0 Å². The van der Waals surface area contributed by atoms with Crippen molar-refractivity contribution in [3.63, 3.8) is 0 Å². The van der Waals surface area contributed by atoms with Gasteiger partial charge in [-0.25, -0.2) is 9.97 Å². The van der Waals surface area contributed by atoms with E-state index in [2.05, 4.69) is 25.1 Å². The standard InChI is InChI=1S/C23H30ClN5O3S/c24-20-16-21(29-9-13-32-14-10-29)27-23(26-20)33-17-18-3-1-4-19(15-18)22(30)25-5-2-6-28-7-11-31-12-8-28/h1,3-4,15-16H,2,5-14,17H2,(H,25,30). The van der Waals surface area contributed by atoms with Crippen molar-refractivity contribution in [2.24, 2.45) is 0 Å². The number of carbonyl (C=O) groups excluding carboxylic acids is 1. The number of hydrogen-bond acceptors (Lipinski definition) is 8. The van der Waals surface area contributed by atoms with Gasteiger partial charge in [0.15, 0.2) is 5.16 Å². The summed E-state index contributed by atoms with van der Waals surface area (Å²) in [5.41, 5.74) is 1.71. The van der Waals surface area contributed by atoms with Crippen LogP contribution < -0.4 is 10.2 Å². The molecule has 8 nitrogen and oxygen atoms in total. The molecule has 0 unspecified atom stereocenters. The summed E-state index contributed by atoms with van der Waals surface area (Å²) in [4.78, 5) is 26.1. The molecule has 33 heavy (non-hydrogen) atoms. The van der Waals surface area contributed by atoms with E-state index in [1.54, 1.807) is 6.07 Å². The fourth-order valence-corrected chi connectivity index (χ4v) is 4.81. The van der Waals surface area contributed by atoms with Crippen LogP contribution in [-0.2, 0) is 15.2 Å². The molecular weight excluding hydrogens is 462 g/mol. The Hall–Kier alpha value is -1.91. The molecular formula is C23H30ClN5O3S. The molecule has 0 bridgehead atoms. The molecule has 2 aliphatic heterocycles. The quantitative estimate of drug-likeness (QED) is 0.248. The number of morpholine rings is 2. The van der Waals surface area contributed by atoms with E-state index < -0.39 is 0 Å². The minimum atomic E-state index is -0.0440. The fraction of sp³-hybridized carbons (Fsp3) is 0.522. The number of amides is 1. The van der Waals surface area contributed by atoms with Crippen LogP contribution in [0.15, 0.2) is 35.5 Å². The Morgan fingerprint density at radius 2 is 1.82 bits per heavy atom. The van der Waals surface area contributed by atoms with Gasteiger partial charge in [-0.3, -0.25) is 9.69 Å². The zero-order valence-corrected chi connectivity index (χ0v) is 20.2. The molecule has 3 heterocycles. The van der Waals surface area contributed by atoms with E-state index in [1.807, 2.05) is 24.3 Å². The molecule has 1 N–H and O–H groups in total. The molecule has 2 aromatic rings. The van der Waals surface area contributed by atoms with Gasteiger partial charge in [0, 0.05) is 50.1 Å². The highest BCUT2D eigenvalue weighted by Gasteiger charge is 2.15. The molecule has 178 valence electrons. The second-order valence-corrected chi connectivity index (χ2v) is 9.31. The fourth-order valence-electron chi connectivity index (χ4n) is 3.79. The molecule has 0 saturated carbocycles. The Labute approximate surface area is 204 Å². The second kappa shape index (κ2) is 12.5. The summed E-state index contributed by atoms with van der Waals surface area (Å²) in [5.74, 6) is 1.43.